The third-order valence-corrected chi connectivity index (χ3v) is 2.56. The highest BCUT2D eigenvalue weighted by Gasteiger charge is 2.01. The average Bonchev–Trinajstić information content (AvgIpc) is 2.30. The highest BCUT2D eigenvalue weighted by atomic mass is 32.2. The molecule has 88 valence electrons. The van der Waals surface area contributed by atoms with Crippen LogP contribution < -0.4 is 4.18 Å². The summed E-state index contributed by atoms with van der Waals surface area (Å²) in [5.74, 6) is 0.540. The van der Waals surface area contributed by atoms with Gasteiger partial charge in [-0.05, 0) is 35.4 Å². The van der Waals surface area contributed by atoms with Crippen molar-refractivity contribution in [2.24, 2.45) is 0 Å². The van der Waals surface area contributed by atoms with Gasteiger partial charge in [-0.15, -0.1) is 0 Å². The lowest BCUT2D eigenvalue weighted by molar-refractivity contribution is 0.458. The maximum atomic E-state index is 10.4. The van der Waals surface area contributed by atoms with E-state index >= 15 is 0 Å². The summed E-state index contributed by atoms with van der Waals surface area (Å²) in [7, 11) is 0. The van der Waals surface area contributed by atoms with Crippen molar-refractivity contribution in [3.05, 3.63) is 48.5 Å². The molecule has 1 atom stereocenters. The number of aromatic hydroxyl groups is 1. The number of hydrogen-bond donors (Lipinski definition) is 2. The molecule has 0 saturated heterocycles. The van der Waals surface area contributed by atoms with Crippen LogP contribution >= 0.6 is 0 Å². The maximum Gasteiger partial charge on any atom is 0.357 e. The molecule has 2 N–H and O–H groups in total. The van der Waals surface area contributed by atoms with Gasteiger partial charge in [-0.1, -0.05) is 24.3 Å². The van der Waals surface area contributed by atoms with Gasteiger partial charge in [-0.3, -0.25) is 4.55 Å². The van der Waals surface area contributed by atoms with E-state index in [2.05, 4.69) is 4.18 Å². The van der Waals surface area contributed by atoms with Crippen molar-refractivity contribution < 1.29 is 18.1 Å². The molecule has 0 aliphatic rings. The Morgan fingerprint density at radius 1 is 0.882 bits per heavy atom. The van der Waals surface area contributed by atoms with Gasteiger partial charge in [0.1, 0.15) is 11.5 Å². The Labute approximate surface area is 101 Å². The van der Waals surface area contributed by atoms with E-state index in [9.17, 15) is 4.21 Å². The van der Waals surface area contributed by atoms with Gasteiger partial charge >= 0.3 is 11.4 Å². The second-order valence-corrected chi connectivity index (χ2v) is 3.97. The molecule has 0 aliphatic carbocycles. The van der Waals surface area contributed by atoms with E-state index in [-0.39, 0.29) is 5.75 Å². The molecule has 1 unspecified atom stereocenters. The Hall–Kier alpha value is -1.85. The molecule has 0 heterocycles. The Kier molecular flexibility index (Phi) is 3.41. The predicted molar refractivity (Wildman–Crippen MR) is 64.9 cm³/mol. The van der Waals surface area contributed by atoms with Crippen LogP contribution in [0.2, 0.25) is 0 Å². The third kappa shape index (κ3) is 3.05. The lowest BCUT2D eigenvalue weighted by Gasteiger charge is -2.03. The summed E-state index contributed by atoms with van der Waals surface area (Å²) in [6.07, 6.45) is 0. The molecule has 0 fully saturated rings. The summed E-state index contributed by atoms with van der Waals surface area (Å²) in [5.41, 5.74) is 1.88. The summed E-state index contributed by atoms with van der Waals surface area (Å²) in [5, 5.41) is 9.17. The second-order valence-electron chi connectivity index (χ2n) is 3.37. The van der Waals surface area contributed by atoms with E-state index in [1.165, 1.54) is 0 Å². The van der Waals surface area contributed by atoms with E-state index in [4.69, 9.17) is 9.66 Å². The molecule has 5 heteroatoms. The van der Waals surface area contributed by atoms with Crippen LogP contribution in [-0.4, -0.2) is 13.9 Å². The Bertz CT molecular complexity index is 519. The molecule has 0 spiro atoms. The zero-order valence-electron chi connectivity index (χ0n) is 8.74. The zero-order chi connectivity index (χ0) is 12.3. The molecule has 0 amide bonds. The fraction of sp³-hybridized carbons (Fsp3) is 0. The van der Waals surface area contributed by atoms with Crippen LogP contribution in [0.5, 0.6) is 11.5 Å². The van der Waals surface area contributed by atoms with Gasteiger partial charge in [0, 0.05) is 0 Å². The fourth-order valence-electron chi connectivity index (χ4n) is 1.44. The first-order valence-corrected chi connectivity index (χ1v) is 5.87. The molecule has 0 radical (unpaired) electrons. The van der Waals surface area contributed by atoms with Crippen LogP contribution in [0.25, 0.3) is 11.1 Å². The van der Waals surface area contributed by atoms with E-state index in [0.717, 1.165) is 11.1 Å². The Morgan fingerprint density at radius 2 is 1.35 bits per heavy atom. The first-order valence-electron chi connectivity index (χ1n) is 4.84. The summed E-state index contributed by atoms with van der Waals surface area (Å²) in [4.78, 5) is 0. The smallest absolute Gasteiger partial charge is 0.357 e. The van der Waals surface area contributed by atoms with E-state index in [1.807, 2.05) is 0 Å². The number of phenolic OH excluding ortho intramolecular Hbond substituents is 1. The molecule has 4 nitrogen and oxygen atoms in total. The largest absolute Gasteiger partial charge is 0.508 e. The van der Waals surface area contributed by atoms with Crippen LogP contribution in [0.1, 0.15) is 0 Å². The fourth-order valence-corrected chi connectivity index (χ4v) is 1.71. The van der Waals surface area contributed by atoms with Crippen molar-refractivity contribution in [2.75, 3.05) is 0 Å². The lowest BCUT2D eigenvalue weighted by atomic mass is 10.1. The summed E-state index contributed by atoms with van der Waals surface area (Å²) in [6.45, 7) is 0. The summed E-state index contributed by atoms with van der Waals surface area (Å²) >= 11 is -2.30. The van der Waals surface area contributed by atoms with E-state index < -0.39 is 11.4 Å². The summed E-state index contributed by atoms with van der Waals surface area (Å²) in [6, 6.07) is 13.5. The number of phenols is 1. The van der Waals surface area contributed by atoms with Crippen molar-refractivity contribution in [3.63, 3.8) is 0 Å². The van der Waals surface area contributed by atoms with Crippen molar-refractivity contribution in [1.82, 2.24) is 0 Å². The molecule has 2 aromatic rings. The molecule has 0 saturated carbocycles. The minimum absolute atomic E-state index is 0.212. The van der Waals surface area contributed by atoms with E-state index in [1.54, 1.807) is 48.5 Å². The van der Waals surface area contributed by atoms with Gasteiger partial charge in [-0.25, -0.2) is 0 Å². The third-order valence-electron chi connectivity index (χ3n) is 2.22. The Morgan fingerprint density at radius 3 is 1.82 bits per heavy atom. The maximum absolute atomic E-state index is 10.4. The molecule has 0 aromatic heterocycles. The number of hydrogen-bond acceptors (Lipinski definition) is 3. The van der Waals surface area contributed by atoms with Crippen molar-refractivity contribution >= 4 is 11.4 Å². The first-order chi connectivity index (χ1) is 8.15. The first kappa shape index (κ1) is 11.6. The van der Waals surface area contributed by atoms with Crippen LogP contribution in [0.4, 0.5) is 0 Å². The van der Waals surface area contributed by atoms with Crippen molar-refractivity contribution in [2.45, 2.75) is 0 Å². The molecule has 17 heavy (non-hydrogen) atoms. The summed E-state index contributed by atoms with van der Waals surface area (Å²) < 4.78 is 23.6. The van der Waals surface area contributed by atoms with Gasteiger partial charge in [0.05, 0.1) is 0 Å². The van der Waals surface area contributed by atoms with Crippen molar-refractivity contribution in [3.8, 4) is 22.6 Å². The SMILES string of the molecule is O=S(O)Oc1ccc(-c2ccc(O)cc2)cc1. The minimum atomic E-state index is -2.30. The highest BCUT2D eigenvalue weighted by Crippen LogP contribution is 2.24. The van der Waals surface area contributed by atoms with E-state index in [0.29, 0.717) is 5.75 Å². The Balaban J connectivity index is 2.23. The zero-order valence-corrected chi connectivity index (χ0v) is 9.55. The molecule has 2 rings (SSSR count). The lowest BCUT2D eigenvalue weighted by Crippen LogP contribution is -1.96. The number of rotatable bonds is 3. The normalized spacial score (nSPS) is 12.1. The second kappa shape index (κ2) is 4.99. The van der Waals surface area contributed by atoms with Crippen LogP contribution in [0.3, 0.4) is 0 Å². The van der Waals surface area contributed by atoms with Gasteiger partial charge < -0.3 is 9.29 Å². The van der Waals surface area contributed by atoms with Gasteiger partial charge in [0.2, 0.25) is 0 Å². The molecular weight excluding hydrogens is 240 g/mol. The quantitative estimate of drug-likeness (QED) is 0.822. The minimum Gasteiger partial charge on any atom is -0.508 e. The average molecular weight is 250 g/mol. The topological polar surface area (TPSA) is 66.8 Å². The highest BCUT2D eigenvalue weighted by molar-refractivity contribution is 7.74. The van der Waals surface area contributed by atoms with Gasteiger partial charge in [0.15, 0.2) is 0 Å². The standard InChI is InChI=1S/C12H10O4S/c13-11-5-1-9(2-6-11)10-3-7-12(8-4-10)16-17(14)15/h1-8,13H,(H,14,15). The molecule has 0 aliphatic heterocycles. The predicted octanol–water partition coefficient (Wildman–Crippen LogP) is 2.57. The number of benzene rings is 2. The molecular formula is C12H10O4S. The van der Waals surface area contributed by atoms with Crippen molar-refractivity contribution in [1.29, 1.82) is 0 Å². The van der Waals surface area contributed by atoms with Crippen LogP contribution in [0.15, 0.2) is 48.5 Å². The molecule has 0 bridgehead atoms. The van der Waals surface area contributed by atoms with Gasteiger partial charge in [-0.2, -0.15) is 4.21 Å². The monoisotopic (exact) mass is 250 g/mol. The molecule has 2 aromatic carbocycles. The van der Waals surface area contributed by atoms with Crippen LogP contribution in [-0.2, 0) is 11.4 Å². The van der Waals surface area contributed by atoms with Gasteiger partial charge in [0.25, 0.3) is 0 Å². The van der Waals surface area contributed by atoms with Crippen LogP contribution in [0, 0.1) is 0 Å².